The number of hydrogen-bond donors (Lipinski definition) is 0. The van der Waals surface area contributed by atoms with Gasteiger partial charge >= 0.3 is 0 Å². The molecule has 0 atom stereocenters. The Kier molecular flexibility index (Phi) is 6.91. The minimum atomic E-state index is 0.422. The van der Waals surface area contributed by atoms with Crippen LogP contribution in [0.2, 0.25) is 0 Å². The SMILES string of the molecule is N#Cc1ccc2c(c1)c1cc(C#N)ccc1n2-c1c(C#N)cccc1-c1c(C#N)cccc1-c1ccc(-n2c3ccccc3c3ccccc32)cc1. The van der Waals surface area contributed by atoms with Crippen molar-refractivity contribution in [3.63, 3.8) is 0 Å². The third kappa shape index (κ3) is 4.47. The molecule has 9 aromatic rings. The summed E-state index contributed by atoms with van der Waals surface area (Å²) in [7, 11) is 0. The fourth-order valence-corrected chi connectivity index (χ4v) is 7.65. The topological polar surface area (TPSA) is 105 Å². The lowest BCUT2D eigenvalue weighted by atomic mass is 9.88. The van der Waals surface area contributed by atoms with Gasteiger partial charge in [-0.25, -0.2) is 0 Å². The van der Waals surface area contributed by atoms with Gasteiger partial charge in [0.05, 0.1) is 68.2 Å². The second kappa shape index (κ2) is 11.9. The van der Waals surface area contributed by atoms with E-state index in [2.05, 4.69) is 102 Å². The van der Waals surface area contributed by atoms with Crippen LogP contribution in [0.5, 0.6) is 0 Å². The zero-order chi connectivity index (χ0) is 35.3. The molecule has 7 aromatic carbocycles. The lowest BCUT2D eigenvalue weighted by molar-refractivity contribution is 1.17. The van der Waals surface area contributed by atoms with Crippen LogP contribution in [-0.2, 0) is 0 Å². The van der Waals surface area contributed by atoms with Gasteiger partial charge in [-0.3, -0.25) is 0 Å². The third-order valence-electron chi connectivity index (χ3n) is 9.87. The van der Waals surface area contributed by atoms with Crippen LogP contribution < -0.4 is 0 Å². The minimum Gasteiger partial charge on any atom is -0.309 e. The van der Waals surface area contributed by atoms with E-state index in [1.165, 1.54) is 10.8 Å². The predicted octanol–water partition coefficient (Wildman–Crippen LogP) is 10.7. The van der Waals surface area contributed by atoms with E-state index >= 15 is 0 Å². The first-order chi connectivity index (χ1) is 25.6. The van der Waals surface area contributed by atoms with Crippen molar-refractivity contribution in [1.29, 1.82) is 21.0 Å². The summed E-state index contributed by atoms with van der Waals surface area (Å²) in [5, 5.41) is 44.6. The maximum absolute atomic E-state index is 10.6. The second-order valence-corrected chi connectivity index (χ2v) is 12.6. The van der Waals surface area contributed by atoms with Crippen molar-refractivity contribution in [3.05, 3.63) is 168 Å². The number of nitriles is 4. The summed E-state index contributed by atoms with van der Waals surface area (Å²) in [4.78, 5) is 0. The quantitative estimate of drug-likeness (QED) is 0.187. The summed E-state index contributed by atoms with van der Waals surface area (Å²) >= 11 is 0. The first-order valence-corrected chi connectivity index (χ1v) is 16.7. The van der Waals surface area contributed by atoms with E-state index < -0.39 is 0 Å². The number of aromatic nitrogens is 2. The molecule has 0 N–H and O–H groups in total. The molecule has 2 heterocycles. The molecule has 0 aliphatic heterocycles. The Morgan fingerprint density at radius 3 is 1.46 bits per heavy atom. The van der Waals surface area contributed by atoms with Gasteiger partial charge in [-0.05, 0) is 83.9 Å². The molecule has 0 saturated heterocycles. The summed E-state index contributed by atoms with van der Waals surface area (Å²) in [6.07, 6.45) is 0. The number of fused-ring (bicyclic) bond motifs is 6. The van der Waals surface area contributed by atoms with E-state index in [4.69, 9.17) is 0 Å². The standard InChI is InChI=1S/C46H24N6/c47-25-29-15-21-43-39(23-29)40-24-30(26-48)16-22-44(40)52(43)46-33(28-50)8-6-12-38(46)45-32(27-49)7-5-11-35(45)31-17-19-34(20-18-31)51-41-13-3-1-9-36(41)37-10-2-4-14-42(37)51/h1-24H. The molecule has 6 nitrogen and oxygen atoms in total. The molecule has 2 aromatic heterocycles. The predicted molar refractivity (Wildman–Crippen MR) is 205 cm³/mol. The molecule has 0 unspecified atom stereocenters. The highest BCUT2D eigenvalue weighted by atomic mass is 15.0. The average molecular weight is 661 g/mol. The fourth-order valence-electron chi connectivity index (χ4n) is 7.65. The van der Waals surface area contributed by atoms with E-state index in [1.54, 1.807) is 24.3 Å². The summed E-state index contributed by atoms with van der Waals surface area (Å²) < 4.78 is 4.29. The summed E-state index contributed by atoms with van der Waals surface area (Å²) in [5.41, 5.74) is 10.5. The molecular formula is C46H24N6. The van der Waals surface area contributed by atoms with Crippen molar-refractivity contribution in [2.45, 2.75) is 0 Å². The van der Waals surface area contributed by atoms with Crippen LogP contribution in [-0.4, -0.2) is 9.13 Å². The second-order valence-electron chi connectivity index (χ2n) is 12.6. The van der Waals surface area contributed by atoms with Crippen molar-refractivity contribution in [2.24, 2.45) is 0 Å². The Hall–Kier alpha value is -7.90. The van der Waals surface area contributed by atoms with Crippen molar-refractivity contribution in [1.82, 2.24) is 9.13 Å². The molecule has 52 heavy (non-hydrogen) atoms. The molecule has 0 aliphatic rings. The van der Waals surface area contributed by atoms with Gasteiger partial charge in [0.15, 0.2) is 0 Å². The first-order valence-electron chi connectivity index (χ1n) is 16.7. The van der Waals surface area contributed by atoms with Gasteiger partial charge in [0, 0.05) is 38.4 Å². The smallest absolute Gasteiger partial charge is 0.101 e. The van der Waals surface area contributed by atoms with Crippen LogP contribution in [0.1, 0.15) is 22.3 Å². The Morgan fingerprint density at radius 1 is 0.385 bits per heavy atom. The van der Waals surface area contributed by atoms with Crippen molar-refractivity contribution in [2.75, 3.05) is 0 Å². The lowest BCUT2D eigenvalue weighted by Gasteiger charge is -2.19. The van der Waals surface area contributed by atoms with Crippen LogP contribution in [0.4, 0.5) is 0 Å². The molecule has 0 fully saturated rings. The van der Waals surface area contributed by atoms with Gasteiger partial charge in [0.1, 0.15) is 6.07 Å². The van der Waals surface area contributed by atoms with E-state index in [0.717, 1.165) is 49.7 Å². The van der Waals surface area contributed by atoms with Gasteiger partial charge in [-0.2, -0.15) is 21.0 Å². The molecular weight excluding hydrogens is 637 g/mol. The van der Waals surface area contributed by atoms with Gasteiger partial charge in [0.25, 0.3) is 0 Å². The van der Waals surface area contributed by atoms with Gasteiger partial charge in [0.2, 0.25) is 0 Å². The van der Waals surface area contributed by atoms with E-state index in [1.807, 2.05) is 53.1 Å². The highest BCUT2D eigenvalue weighted by Gasteiger charge is 2.23. The maximum Gasteiger partial charge on any atom is 0.101 e. The molecule has 0 aliphatic carbocycles. The largest absolute Gasteiger partial charge is 0.309 e. The van der Waals surface area contributed by atoms with E-state index in [9.17, 15) is 21.0 Å². The van der Waals surface area contributed by atoms with Crippen LogP contribution in [0.15, 0.2) is 146 Å². The third-order valence-corrected chi connectivity index (χ3v) is 9.87. The molecule has 0 spiro atoms. The molecule has 0 saturated carbocycles. The number of rotatable bonds is 4. The zero-order valence-electron chi connectivity index (χ0n) is 27.5. The molecule has 0 radical (unpaired) electrons. The Morgan fingerprint density at radius 2 is 0.904 bits per heavy atom. The van der Waals surface area contributed by atoms with Gasteiger partial charge in [-0.1, -0.05) is 72.8 Å². The summed E-state index contributed by atoms with van der Waals surface area (Å²) in [6, 6.07) is 56.7. The summed E-state index contributed by atoms with van der Waals surface area (Å²) in [5.74, 6) is 0. The van der Waals surface area contributed by atoms with E-state index in [-0.39, 0.29) is 0 Å². The highest BCUT2D eigenvalue weighted by molar-refractivity contribution is 6.11. The fraction of sp³-hybridized carbons (Fsp3) is 0. The van der Waals surface area contributed by atoms with Crippen LogP contribution in [0.25, 0.3) is 77.2 Å². The average Bonchev–Trinajstić information content (AvgIpc) is 3.72. The summed E-state index contributed by atoms with van der Waals surface area (Å²) in [6.45, 7) is 0. The maximum atomic E-state index is 10.6. The normalized spacial score (nSPS) is 11.0. The first kappa shape index (κ1) is 30.2. The number of para-hydroxylation sites is 3. The number of nitrogens with zero attached hydrogens (tertiary/aromatic N) is 6. The van der Waals surface area contributed by atoms with Crippen LogP contribution >= 0.6 is 0 Å². The molecule has 0 amide bonds. The van der Waals surface area contributed by atoms with Crippen molar-refractivity contribution < 1.29 is 0 Å². The Bertz CT molecular complexity index is 2990. The van der Waals surface area contributed by atoms with E-state index in [0.29, 0.717) is 39.1 Å². The number of benzene rings is 7. The Labute approximate surface area is 298 Å². The van der Waals surface area contributed by atoms with Crippen molar-refractivity contribution >= 4 is 43.6 Å². The molecule has 238 valence electrons. The van der Waals surface area contributed by atoms with Crippen LogP contribution in [0, 0.1) is 45.3 Å². The Balaban J connectivity index is 1.29. The molecule has 9 rings (SSSR count). The molecule has 0 bridgehead atoms. The zero-order valence-corrected chi connectivity index (χ0v) is 27.5. The lowest BCUT2D eigenvalue weighted by Crippen LogP contribution is -2.03. The highest BCUT2D eigenvalue weighted by Crippen LogP contribution is 2.43. The minimum absolute atomic E-state index is 0.422. The van der Waals surface area contributed by atoms with Gasteiger partial charge < -0.3 is 9.13 Å². The van der Waals surface area contributed by atoms with Gasteiger partial charge in [-0.15, -0.1) is 0 Å². The molecule has 6 heteroatoms. The monoisotopic (exact) mass is 660 g/mol. The van der Waals surface area contributed by atoms with Crippen LogP contribution in [0.3, 0.4) is 0 Å². The van der Waals surface area contributed by atoms with Crippen molar-refractivity contribution in [3.8, 4) is 57.9 Å². The number of hydrogen-bond acceptors (Lipinski definition) is 4.